The topological polar surface area (TPSA) is 26.0 Å². The average molecular weight is 265 g/mol. The highest BCUT2D eigenvalue weighted by Gasteiger charge is 2.07. The maximum Gasteiger partial charge on any atom is 0.0319 e. The minimum absolute atomic E-state index is 0.837. The zero-order chi connectivity index (χ0) is 14.9. The fraction of sp³-hybridized carbons (Fsp3) is 0.263. The minimum atomic E-state index is 0.837. The Kier molecular flexibility index (Phi) is 3.99. The van der Waals surface area contributed by atoms with E-state index in [9.17, 15) is 0 Å². The van der Waals surface area contributed by atoms with Gasteiger partial charge in [0, 0.05) is 5.69 Å². The summed E-state index contributed by atoms with van der Waals surface area (Å²) >= 11 is 0. The van der Waals surface area contributed by atoms with Gasteiger partial charge in [-0.3, -0.25) is 0 Å². The van der Waals surface area contributed by atoms with E-state index in [0.717, 1.165) is 5.69 Å². The number of benzene rings is 2. The molecule has 0 unspecified atom stereocenters. The van der Waals surface area contributed by atoms with Crippen LogP contribution in [0.5, 0.6) is 0 Å². The van der Waals surface area contributed by atoms with Gasteiger partial charge in [-0.05, 0) is 85.7 Å². The summed E-state index contributed by atoms with van der Waals surface area (Å²) in [5, 5.41) is 0. The first-order chi connectivity index (χ1) is 9.40. The van der Waals surface area contributed by atoms with E-state index in [4.69, 9.17) is 5.73 Å². The predicted octanol–water partition coefficient (Wildman–Crippen LogP) is 5.06. The molecule has 0 heterocycles. The summed E-state index contributed by atoms with van der Waals surface area (Å²) in [6, 6.07) is 10.5. The Hall–Kier alpha value is -2.02. The fourth-order valence-corrected chi connectivity index (χ4v) is 2.96. The first-order valence-electron chi connectivity index (χ1n) is 7.01. The third-order valence-corrected chi connectivity index (χ3v) is 3.85. The van der Waals surface area contributed by atoms with Crippen molar-refractivity contribution in [3.8, 4) is 0 Å². The third-order valence-electron chi connectivity index (χ3n) is 3.85. The summed E-state index contributed by atoms with van der Waals surface area (Å²) < 4.78 is 0. The molecule has 0 amide bonds. The SMILES string of the molecule is CC(=Cc1c(C)cccc1C)c1c(C)cc(N)cc1C. The molecule has 0 radical (unpaired) electrons. The molecule has 20 heavy (non-hydrogen) atoms. The lowest BCUT2D eigenvalue weighted by molar-refractivity contribution is 1.32. The number of nitrogens with two attached hydrogens (primary N) is 1. The Labute approximate surface area is 122 Å². The van der Waals surface area contributed by atoms with Crippen molar-refractivity contribution in [2.24, 2.45) is 0 Å². The maximum atomic E-state index is 5.91. The van der Waals surface area contributed by atoms with Crippen LogP contribution in [-0.4, -0.2) is 0 Å². The van der Waals surface area contributed by atoms with Crippen molar-refractivity contribution < 1.29 is 0 Å². The van der Waals surface area contributed by atoms with E-state index in [1.165, 1.54) is 39.0 Å². The highest BCUT2D eigenvalue weighted by molar-refractivity contribution is 5.85. The molecule has 2 aromatic carbocycles. The van der Waals surface area contributed by atoms with Crippen molar-refractivity contribution in [2.45, 2.75) is 34.6 Å². The predicted molar refractivity (Wildman–Crippen MR) is 89.8 cm³/mol. The molecule has 0 saturated heterocycles. The van der Waals surface area contributed by atoms with Gasteiger partial charge in [-0.25, -0.2) is 0 Å². The standard InChI is InChI=1S/C19H23N/c1-12-7-6-8-13(2)18(12)11-16(5)19-14(3)9-17(20)10-15(19)4/h6-11H,20H2,1-5H3. The van der Waals surface area contributed by atoms with E-state index in [2.05, 4.69) is 58.9 Å². The number of allylic oxidation sites excluding steroid dienone is 1. The zero-order valence-electron chi connectivity index (χ0n) is 13.0. The largest absolute Gasteiger partial charge is 0.399 e. The molecule has 0 aliphatic rings. The van der Waals surface area contributed by atoms with Crippen LogP contribution in [0.3, 0.4) is 0 Å². The summed E-state index contributed by atoms with van der Waals surface area (Å²) in [7, 11) is 0. The minimum Gasteiger partial charge on any atom is -0.399 e. The van der Waals surface area contributed by atoms with E-state index in [1.807, 2.05) is 12.1 Å². The summed E-state index contributed by atoms with van der Waals surface area (Å²) in [6.07, 6.45) is 2.29. The van der Waals surface area contributed by atoms with Gasteiger partial charge < -0.3 is 5.73 Å². The van der Waals surface area contributed by atoms with Gasteiger partial charge in [-0.2, -0.15) is 0 Å². The van der Waals surface area contributed by atoms with Crippen LogP contribution in [0.4, 0.5) is 5.69 Å². The number of hydrogen-bond acceptors (Lipinski definition) is 1. The molecule has 104 valence electrons. The smallest absolute Gasteiger partial charge is 0.0319 e. The summed E-state index contributed by atoms with van der Waals surface area (Å²) in [4.78, 5) is 0. The summed E-state index contributed by atoms with van der Waals surface area (Å²) in [5.74, 6) is 0. The van der Waals surface area contributed by atoms with Crippen molar-refractivity contribution in [1.29, 1.82) is 0 Å². The molecule has 0 atom stereocenters. The van der Waals surface area contributed by atoms with Crippen LogP contribution >= 0.6 is 0 Å². The first-order valence-corrected chi connectivity index (χ1v) is 7.01. The molecule has 0 saturated carbocycles. The van der Waals surface area contributed by atoms with Gasteiger partial charge in [-0.15, -0.1) is 0 Å². The van der Waals surface area contributed by atoms with Crippen molar-refractivity contribution in [1.82, 2.24) is 0 Å². The Morgan fingerprint density at radius 3 is 1.90 bits per heavy atom. The normalized spacial score (nSPS) is 11.8. The molecule has 1 nitrogen and oxygen atoms in total. The lowest BCUT2D eigenvalue weighted by Gasteiger charge is -2.13. The molecule has 2 aromatic rings. The van der Waals surface area contributed by atoms with Gasteiger partial charge >= 0.3 is 0 Å². The van der Waals surface area contributed by atoms with Crippen molar-refractivity contribution in [3.63, 3.8) is 0 Å². The van der Waals surface area contributed by atoms with Crippen molar-refractivity contribution >= 4 is 17.3 Å². The number of aryl methyl sites for hydroxylation is 4. The molecule has 1 heteroatoms. The second-order valence-electron chi connectivity index (χ2n) is 5.66. The highest BCUT2D eigenvalue weighted by atomic mass is 14.5. The van der Waals surface area contributed by atoms with E-state index in [0.29, 0.717) is 0 Å². The fourth-order valence-electron chi connectivity index (χ4n) is 2.96. The van der Waals surface area contributed by atoms with Crippen LogP contribution in [0.2, 0.25) is 0 Å². The number of hydrogen-bond donors (Lipinski definition) is 1. The molecular formula is C19H23N. The molecule has 0 spiro atoms. The van der Waals surface area contributed by atoms with E-state index in [1.54, 1.807) is 0 Å². The Morgan fingerprint density at radius 1 is 0.900 bits per heavy atom. The Morgan fingerprint density at radius 2 is 1.40 bits per heavy atom. The second kappa shape index (κ2) is 5.54. The van der Waals surface area contributed by atoms with Crippen LogP contribution in [0.25, 0.3) is 11.6 Å². The van der Waals surface area contributed by atoms with E-state index >= 15 is 0 Å². The lowest BCUT2D eigenvalue weighted by atomic mass is 9.92. The van der Waals surface area contributed by atoms with Gasteiger partial charge in [0.1, 0.15) is 0 Å². The molecule has 0 fully saturated rings. The van der Waals surface area contributed by atoms with Crippen molar-refractivity contribution in [3.05, 3.63) is 63.7 Å². The molecule has 0 aromatic heterocycles. The van der Waals surface area contributed by atoms with E-state index < -0.39 is 0 Å². The van der Waals surface area contributed by atoms with E-state index in [-0.39, 0.29) is 0 Å². The van der Waals surface area contributed by atoms with Gasteiger partial charge in [-0.1, -0.05) is 24.3 Å². The number of anilines is 1. The van der Waals surface area contributed by atoms with Gasteiger partial charge in [0.15, 0.2) is 0 Å². The maximum absolute atomic E-state index is 5.91. The first kappa shape index (κ1) is 14.4. The van der Waals surface area contributed by atoms with Gasteiger partial charge in [0.2, 0.25) is 0 Å². The average Bonchev–Trinajstić information content (AvgIpc) is 2.32. The van der Waals surface area contributed by atoms with Crippen LogP contribution in [-0.2, 0) is 0 Å². The molecule has 0 bridgehead atoms. The van der Waals surface area contributed by atoms with Crippen LogP contribution in [0.1, 0.15) is 40.3 Å². The molecule has 2 N–H and O–H groups in total. The monoisotopic (exact) mass is 265 g/mol. The van der Waals surface area contributed by atoms with Crippen LogP contribution in [0.15, 0.2) is 30.3 Å². The number of rotatable bonds is 2. The summed E-state index contributed by atoms with van der Waals surface area (Å²) in [5.41, 5.74) is 15.8. The second-order valence-corrected chi connectivity index (χ2v) is 5.66. The molecule has 0 aliphatic heterocycles. The van der Waals surface area contributed by atoms with Gasteiger partial charge in [0.25, 0.3) is 0 Å². The van der Waals surface area contributed by atoms with Gasteiger partial charge in [0.05, 0.1) is 0 Å². The number of nitrogen functional groups attached to an aromatic ring is 1. The summed E-state index contributed by atoms with van der Waals surface area (Å²) in [6.45, 7) is 10.8. The molecular weight excluding hydrogens is 242 g/mol. The Balaban J connectivity index is 2.57. The lowest BCUT2D eigenvalue weighted by Crippen LogP contribution is -1.95. The molecule has 2 rings (SSSR count). The quantitative estimate of drug-likeness (QED) is 0.596. The zero-order valence-corrected chi connectivity index (χ0v) is 13.0. The highest BCUT2D eigenvalue weighted by Crippen LogP contribution is 2.28. The van der Waals surface area contributed by atoms with Crippen molar-refractivity contribution in [2.75, 3.05) is 5.73 Å². The van der Waals surface area contributed by atoms with Crippen LogP contribution < -0.4 is 5.73 Å². The van der Waals surface area contributed by atoms with Crippen LogP contribution in [0, 0.1) is 27.7 Å². The molecule has 0 aliphatic carbocycles. The third kappa shape index (κ3) is 2.77. The Bertz CT molecular complexity index is 635.